The lowest BCUT2D eigenvalue weighted by Crippen LogP contribution is -2.37. The number of nitrogens with one attached hydrogen (secondary N) is 1. The van der Waals surface area contributed by atoms with Crippen LogP contribution >= 0.6 is 0 Å². The van der Waals surface area contributed by atoms with Gasteiger partial charge in [0.05, 0.1) is 0 Å². The number of carbonyl (C=O) groups is 2. The highest BCUT2D eigenvalue weighted by Gasteiger charge is 2.25. The van der Waals surface area contributed by atoms with E-state index in [1.807, 2.05) is 35.2 Å². The Morgan fingerprint density at radius 1 is 1.16 bits per heavy atom. The van der Waals surface area contributed by atoms with E-state index in [1.165, 1.54) is 0 Å². The molecule has 0 saturated carbocycles. The highest BCUT2D eigenvalue weighted by molar-refractivity contribution is 5.97. The molecule has 0 spiro atoms. The molecular weight excluding hydrogens is 316 g/mol. The number of hydrogen-bond acceptors (Lipinski definition) is 3. The molecule has 0 unspecified atom stereocenters. The lowest BCUT2D eigenvalue weighted by molar-refractivity contribution is -0.119. The van der Waals surface area contributed by atoms with Gasteiger partial charge in [-0.05, 0) is 48.2 Å². The van der Waals surface area contributed by atoms with E-state index < -0.39 is 6.09 Å². The van der Waals surface area contributed by atoms with Gasteiger partial charge in [0, 0.05) is 24.3 Å². The molecule has 5 heteroatoms. The van der Waals surface area contributed by atoms with Crippen LogP contribution in [0.4, 0.5) is 16.2 Å². The maximum atomic E-state index is 12.2. The molecule has 0 atom stereocenters. The average molecular weight is 338 g/mol. The molecule has 0 saturated heterocycles. The zero-order valence-corrected chi connectivity index (χ0v) is 14.5. The number of rotatable bonds is 4. The minimum Gasteiger partial charge on any atom is -0.410 e. The molecule has 2 aromatic carbocycles. The van der Waals surface area contributed by atoms with Crippen LogP contribution in [0.2, 0.25) is 0 Å². The minimum absolute atomic E-state index is 0.158. The van der Waals surface area contributed by atoms with Crippen molar-refractivity contribution in [2.75, 3.05) is 16.8 Å². The van der Waals surface area contributed by atoms with E-state index in [9.17, 15) is 9.59 Å². The Labute approximate surface area is 147 Å². The van der Waals surface area contributed by atoms with Crippen molar-refractivity contribution in [2.45, 2.75) is 26.7 Å². The first-order valence-electron chi connectivity index (χ1n) is 8.50. The van der Waals surface area contributed by atoms with Crippen molar-refractivity contribution in [3.8, 4) is 5.75 Å². The number of anilines is 2. The van der Waals surface area contributed by atoms with Crippen LogP contribution in [0.25, 0.3) is 0 Å². The van der Waals surface area contributed by atoms with Crippen LogP contribution in [0.5, 0.6) is 5.75 Å². The molecular formula is C20H22N2O3. The Bertz CT molecular complexity index is 772. The van der Waals surface area contributed by atoms with E-state index in [-0.39, 0.29) is 5.91 Å². The second-order valence-corrected chi connectivity index (χ2v) is 6.57. The first-order chi connectivity index (χ1) is 12.0. The molecule has 1 heterocycles. The van der Waals surface area contributed by atoms with Crippen molar-refractivity contribution in [3.63, 3.8) is 0 Å². The third-order valence-corrected chi connectivity index (χ3v) is 4.03. The predicted molar refractivity (Wildman–Crippen MR) is 98.0 cm³/mol. The van der Waals surface area contributed by atoms with Gasteiger partial charge in [0.25, 0.3) is 0 Å². The number of nitrogens with zero attached hydrogens (tertiary/aromatic N) is 1. The first kappa shape index (κ1) is 17.0. The third kappa shape index (κ3) is 4.18. The quantitative estimate of drug-likeness (QED) is 0.907. The van der Waals surface area contributed by atoms with Gasteiger partial charge in [-0.2, -0.15) is 0 Å². The summed E-state index contributed by atoms with van der Waals surface area (Å²) >= 11 is 0. The SMILES string of the molecule is CC(C)CN1C(=O)CCc2cc(NC(=O)Oc3ccccc3)ccc21. The summed E-state index contributed by atoms with van der Waals surface area (Å²) in [6.07, 6.45) is 0.654. The number of carbonyl (C=O) groups excluding carboxylic acids is 2. The van der Waals surface area contributed by atoms with Gasteiger partial charge in [-0.1, -0.05) is 32.0 Å². The number of hydrogen-bond donors (Lipinski definition) is 1. The van der Waals surface area contributed by atoms with Gasteiger partial charge in [0.2, 0.25) is 5.91 Å². The number of benzene rings is 2. The summed E-state index contributed by atoms with van der Waals surface area (Å²) in [7, 11) is 0. The maximum absolute atomic E-state index is 12.2. The fraction of sp³-hybridized carbons (Fsp3) is 0.300. The average Bonchev–Trinajstić information content (AvgIpc) is 2.58. The van der Waals surface area contributed by atoms with Crippen molar-refractivity contribution in [2.24, 2.45) is 5.92 Å². The molecule has 2 amide bonds. The maximum Gasteiger partial charge on any atom is 0.417 e. The lowest BCUT2D eigenvalue weighted by atomic mass is 9.99. The van der Waals surface area contributed by atoms with Crippen molar-refractivity contribution >= 4 is 23.4 Å². The summed E-state index contributed by atoms with van der Waals surface area (Å²) < 4.78 is 5.24. The van der Waals surface area contributed by atoms with Gasteiger partial charge >= 0.3 is 6.09 Å². The summed E-state index contributed by atoms with van der Waals surface area (Å²) in [5.74, 6) is 1.05. The van der Waals surface area contributed by atoms with Crippen LogP contribution in [0.1, 0.15) is 25.8 Å². The molecule has 1 N–H and O–H groups in total. The van der Waals surface area contributed by atoms with Gasteiger partial charge in [-0.25, -0.2) is 4.79 Å². The summed E-state index contributed by atoms with van der Waals surface area (Å²) in [5.41, 5.74) is 2.67. The van der Waals surface area contributed by atoms with E-state index >= 15 is 0 Å². The number of ether oxygens (including phenoxy) is 1. The van der Waals surface area contributed by atoms with Crippen molar-refractivity contribution in [1.29, 1.82) is 0 Å². The molecule has 0 fully saturated rings. The fourth-order valence-corrected chi connectivity index (χ4v) is 2.94. The predicted octanol–water partition coefficient (Wildman–Crippen LogP) is 4.23. The molecule has 25 heavy (non-hydrogen) atoms. The molecule has 0 bridgehead atoms. The first-order valence-corrected chi connectivity index (χ1v) is 8.50. The Morgan fingerprint density at radius 2 is 1.92 bits per heavy atom. The van der Waals surface area contributed by atoms with E-state index in [2.05, 4.69) is 19.2 Å². The van der Waals surface area contributed by atoms with Gasteiger partial charge in [-0.15, -0.1) is 0 Å². The molecule has 0 aromatic heterocycles. The van der Waals surface area contributed by atoms with Crippen LogP contribution in [-0.2, 0) is 11.2 Å². The van der Waals surface area contributed by atoms with Crippen LogP contribution in [0, 0.1) is 5.92 Å². The Hall–Kier alpha value is -2.82. The van der Waals surface area contributed by atoms with Gasteiger partial charge < -0.3 is 9.64 Å². The van der Waals surface area contributed by atoms with Gasteiger partial charge in [-0.3, -0.25) is 10.1 Å². The molecule has 1 aliphatic heterocycles. The molecule has 0 aliphatic carbocycles. The minimum atomic E-state index is -0.530. The molecule has 2 aromatic rings. The van der Waals surface area contributed by atoms with E-state index in [0.29, 0.717) is 36.7 Å². The number of fused-ring (bicyclic) bond motifs is 1. The molecule has 0 radical (unpaired) electrons. The zero-order valence-electron chi connectivity index (χ0n) is 14.5. The normalized spacial score (nSPS) is 13.6. The summed E-state index contributed by atoms with van der Waals surface area (Å²) in [4.78, 5) is 26.1. The highest BCUT2D eigenvalue weighted by Crippen LogP contribution is 2.31. The summed E-state index contributed by atoms with van der Waals surface area (Å²) in [6.45, 7) is 4.89. The second-order valence-electron chi connectivity index (χ2n) is 6.57. The largest absolute Gasteiger partial charge is 0.417 e. The molecule has 130 valence electrons. The number of aryl methyl sites for hydroxylation is 1. The van der Waals surface area contributed by atoms with Gasteiger partial charge in [0.15, 0.2) is 0 Å². The Balaban J connectivity index is 1.72. The summed E-state index contributed by atoms with van der Waals surface area (Å²) in [6, 6.07) is 14.5. The van der Waals surface area contributed by atoms with Crippen LogP contribution in [0.15, 0.2) is 48.5 Å². The van der Waals surface area contributed by atoms with E-state index in [1.54, 1.807) is 18.2 Å². The van der Waals surface area contributed by atoms with Crippen LogP contribution in [-0.4, -0.2) is 18.5 Å². The smallest absolute Gasteiger partial charge is 0.410 e. The Morgan fingerprint density at radius 3 is 2.64 bits per heavy atom. The lowest BCUT2D eigenvalue weighted by Gasteiger charge is -2.31. The topological polar surface area (TPSA) is 58.6 Å². The fourth-order valence-electron chi connectivity index (χ4n) is 2.94. The second kappa shape index (κ2) is 7.38. The molecule has 5 nitrogen and oxygen atoms in total. The molecule has 1 aliphatic rings. The van der Waals surface area contributed by atoms with Crippen molar-refractivity contribution < 1.29 is 14.3 Å². The zero-order chi connectivity index (χ0) is 17.8. The number of para-hydroxylation sites is 1. The summed E-state index contributed by atoms with van der Waals surface area (Å²) in [5, 5.41) is 2.74. The number of amides is 2. The van der Waals surface area contributed by atoms with Crippen molar-refractivity contribution in [3.05, 3.63) is 54.1 Å². The third-order valence-electron chi connectivity index (χ3n) is 4.03. The van der Waals surface area contributed by atoms with Gasteiger partial charge in [0.1, 0.15) is 5.75 Å². The van der Waals surface area contributed by atoms with E-state index in [4.69, 9.17) is 4.74 Å². The standard InChI is InChI=1S/C20H22N2O3/c1-14(2)13-22-18-10-9-16(12-15(18)8-11-19(22)23)21-20(24)25-17-6-4-3-5-7-17/h3-7,9-10,12,14H,8,11,13H2,1-2H3,(H,21,24). The monoisotopic (exact) mass is 338 g/mol. The highest BCUT2D eigenvalue weighted by atomic mass is 16.6. The van der Waals surface area contributed by atoms with Crippen LogP contribution < -0.4 is 15.0 Å². The Kier molecular flexibility index (Phi) is 5.03. The van der Waals surface area contributed by atoms with Crippen molar-refractivity contribution in [1.82, 2.24) is 0 Å². The van der Waals surface area contributed by atoms with Crippen LogP contribution in [0.3, 0.4) is 0 Å². The van der Waals surface area contributed by atoms with E-state index in [0.717, 1.165) is 11.3 Å². The molecule has 3 rings (SSSR count).